The van der Waals surface area contributed by atoms with Gasteiger partial charge in [0.25, 0.3) is 0 Å². The molecule has 0 bridgehead atoms. The predicted molar refractivity (Wildman–Crippen MR) is 106 cm³/mol. The van der Waals surface area contributed by atoms with Gasteiger partial charge in [-0.25, -0.2) is 0 Å². The normalized spacial score (nSPS) is 16.2. The van der Waals surface area contributed by atoms with Crippen LogP contribution >= 0.6 is 7.60 Å². The Bertz CT molecular complexity index is 977. The van der Waals surface area contributed by atoms with E-state index in [0.717, 1.165) is 36.4 Å². The van der Waals surface area contributed by atoms with Gasteiger partial charge in [-0.15, -0.1) is 0 Å². The van der Waals surface area contributed by atoms with Crippen LogP contribution < -0.4 is 5.30 Å². The molecule has 0 aliphatic carbocycles. The van der Waals surface area contributed by atoms with E-state index in [1.165, 1.54) is 54.6 Å². The summed E-state index contributed by atoms with van der Waals surface area (Å²) in [5.41, 5.74) is -0.856. The van der Waals surface area contributed by atoms with Crippen LogP contribution in [0.5, 0.6) is 0 Å². The lowest BCUT2D eigenvalue weighted by atomic mass is 10.1. The summed E-state index contributed by atoms with van der Waals surface area (Å²) < 4.78 is 106. The lowest BCUT2D eigenvalue weighted by Crippen LogP contribution is -2.28. The van der Waals surface area contributed by atoms with Crippen molar-refractivity contribution >= 4 is 12.9 Å². The van der Waals surface area contributed by atoms with Crippen LogP contribution in [0.1, 0.15) is 23.3 Å². The first kappa shape index (κ1) is 24.0. The summed E-state index contributed by atoms with van der Waals surface area (Å²) >= 11 is 0. The minimum Gasteiger partial charge on any atom is -0.287 e. The number of alkyl halides is 6. The third-order valence-electron chi connectivity index (χ3n) is 4.36. The first-order valence-electron chi connectivity index (χ1n) is 9.26. The molecule has 3 nitrogen and oxygen atoms in total. The Balaban J connectivity index is 2.10. The van der Waals surface area contributed by atoms with Gasteiger partial charge >= 0.3 is 19.9 Å². The van der Waals surface area contributed by atoms with E-state index in [2.05, 4.69) is 0 Å². The minimum atomic E-state index is -5.15. The summed E-state index contributed by atoms with van der Waals surface area (Å²) in [7, 11) is -5.15. The molecule has 3 aromatic rings. The van der Waals surface area contributed by atoms with Gasteiger partial charge in [-0.2, -0.15) is 26.3 Å². The highest BCUT2D eigenvalue weighted by molar-refractivity contribution is 7.62. The molecule has 3 rings (SSSR count). The molecule has 10 heteroatoms. The van der Waals surface area contributed by atoms with E-state index in [1.807, 2.05) is 0 Å². The second-order valence-electron chi connectivity index (χ2n) is 6.71. The topological polar surface area (TPSA) is 35.5 Å². The highest BCUT2D eigenvalue weighted by Crippen LogP contribution is 2.59. The lowest BCUT2D eigenvalue weighted by molar-refractivity contribution is -0.213. The van der Waals surface area contributed by atoms with Gasteiger partial charge in [-0.3, -0.25) is 13.6 Å². The van der Waals surface area contributed by atoms with Crippen LogP contribution in [0, 0.1) is 0 Å². The fraction of sp³-hybridized carbons (Fsp3) is 0.182. The molecule has 0 aliphatic rings. The first-order valence-corrected chi connectivity index (χ1v) is 10.8. The molecule has 32 heavy (non-hydrogen) atoms. The number of benzene rings is 3. The maximum atomic E-state index is 13.8. The molecule has 0 saturated carbocycles. The van der Waals surface area contributed by atoms with Crippen molar-refractivity contribution in [3.05, 3.63) is 102 Å². The van der Waals surface area contributed by atoms with Crippen LogP contribution in [0.25, 0.3) is 0 Å². The molecule has 0 heterocycles. The third kappa shape index (κ3) is 5.79. The smallest absolute Gasteiger partial charge is 0.287 e. The Kier molecular flexibility index (Phi) is 7.12. The Labute approximate surface area is 180 Å². The Morgan fingerprint density at radius 1 is 0.562 bits per heavy atom. The zero-order valence-corrected chi connectivity index (χ0v) is 17.1. The molecular formula is C22H17F6O3P. The Morgan fingerprint density at radius 2 is 0.875 bits per heavy atom. The van der Waals surface area contributed by atoms with Crippen LogP contribution in [-0.2, 0) is 13.6 Å². The van der Waals surface area contributed by atoms with Crippen molar-refractivity contribution in [2.24, 2.45) is 0 Å². The molecule has 0 amide bonds. The highest BCUT2D eigenvalue weighted by Gasteiger charge is 2.51. The Morgan fingerprint density at radius 3 is 1.19 bits per heavy atom. The zero-order valence-electron chi connectivity index (χ0n) is 16.3. The van der Waals surface area contributed by atoms with Gasteiger partial charge in [0, 0.05) is 0 Å². The molecule has 0 radical (unpaired) electrons. The van der Waals surface area contributed by atoms with Gasteiger partial charge in [0.2, 0.25) is 0 Å². The monoisotopic (exact) mass is 474 g/mol. The summed E-state index contributed by atoms with van der Waals surface area (Å²) in [6.07, 6.45) is -15.7. The second-order valence-corrected chi connectivity index (χ2v) is 8.64. The average molecular weight is 474 g/mol. The maximum Gasteiger partial charge on any atom is 0.419 e. The summed E-state index contributed by atoms with van der Waals surface area (Å²) in [6.45, 7) is 0. The van der Waals surface area contributed by atoms with Crippen molar-refractivity contribution in [3.63, 3.8) is 0 Å². The van der Waals surface area contributed by atoms with Crippen LogP contribution in [0.3, 0.4) is 0 Å². The van der Waals surface area contributed by atoms with E-state index in [1.54, 1.807) is 0 Å². The van der Waals surface area contributed by atoms with E-state index in [9.17, 15) is 30.9 Å². The van der Waals surface area contributed by atoms with Gasteiger partial charge in [-0.1, -0.05) is 78.9 Å². The molecule has 170 valence electrons. The van der Waals surface area contributed by atoms with E-state index in [0.29, 0.717) is 0 Å². The molecule has 0 aliphatic heterocycles. The van der Waals surface area contributed by atoms with Crippen molar-refractivity contribution in [1.82, 2.24) is 0 Å². The molecule has 0 fully saturated rings. The zero-order chi connectivity index (χ0) is 23.4. The summed E-state index contributed by atoms with van der Waals surface area (Å²) in [5.74, 6) is 0. The van der Waals surface area contributed by atoms with Crippen LogP contribution in [-0.4, -0.2) is 12.4 Å². The number of hydrogen-bond acceptors (Lipinski definition) is 3. The number of halogens is 6. The SMILES string of the molecule is O=P(OC(c1ccccc1)C(F)(F)F)(OC(c1ccccc1)C(F)(F)F)c1ccccc1. The second kappa shape index (κ2) is 9.48. The molecular weight excluding hydrogens is 457 g/mol. The van der Waals surface area contributed by atoms with Crippen LogP contribution in [0.15, 0.2) is 91.0 Å². The molecule has 2 unspecified atom stereocenters. The molecule has 0 saturated heterocycles. The maximum absolute atomic E-state index is 13.8. The van der Waals surface area contributed by atoms with Crippen molar-refractivity contribution < 1.29 is 40.0 Å². The lowest BCUT2D eigenvalue weighted by Gasteiger charge is -2.30. The largest absolute Gasteiger partial charge is 0.419 e. The van der Waals surface area contributed by atoms with E-state index < -0.39 is 48.6 Å². The Hall–Kier alpha value is -2.61. The molecule has 0 N–H and O–H groups in total. The third-order valence-corrected chi connectivity index (χ3v) is 6.27. The van der Waals surface area contributed by atoms with Crippen LogP contribution in [0.4, 0.5) is 26.3 Å². The van der Waals surface area contributed by atoms with Crippen molar-refractivity contribution in [2.45, 2.75) is 24.6 Å². The molecule has 0 spiro atoms. The van der Waals surface area contributed by atoms with Crippen molar-refractivity contribution in [3.8, 4) is 0 Å². The first-order chi connectivity index (χ1) is 15.0. The van der Waals surface area contributed by atoms with E-state index in [4.69, 9.17) is 9.05 Å². The van der Waals surface area contributed by atoms with Gasteiger partial charge in [0.1, 0.15) is 0 Å². The summed E-state index contributed by atoms with van der Waals surface area (Å²) in [4.78, 5) is 0. The summed E-state index contributed by atoms with van der Waals surface area (Å²) in [5, 5.41) is -0.435. The number of rotatable bonds is 7. The molecule has 2 atom stereocenters. The summed E-state index contributed by atoms with van der Waals surface area (Å²) in [6, 6.07) is 18.7. The molecule has 3 aromatic carbocycles. The van der Waals surface area contributed by atoms with E-state index >= 15 is 0 Å². The van der Waals surface area contributed by atoms with Gasteiger partial charge < -0.3 is 0 Å². The molecule has 0 aromatic heterocycles. The van der Waals surface area contributed by atoms with Gasteiger partial charge in [0.05, 0.1) is 5.30 Å². The van der Waals surface area contributed by atoms with Crippen LogP contribution in [0.2, 0.25) is 0 Å². The average Bonchev–Trinajstić information content (AvgIpc) is 2.76. The van der Waals surface area contributed by atoms with Gasteiger partial charge in [-0.05, 0) is 23.3 Å². The predicted octanol–water partition coefficient (Wildman–Crippen LogP) is 7.15. The highest BCUT2D eigenvalue weighted by atomic mass is 31.2. The number of hydrogen-bond donors (Lipinski definition) is 0. The van der Waals surface area contributed by atoms with Crippen molar-refractivity contribution in [2.75, 3.05) is 0 Å². The standard InChI is InChI=1S/C22H17F6O3P/c23-21(24,25)19(16-10-4-1-5-11-16)30-32(29,18-14-8-3-9-15-18)31-20(22(26,27)28)17-12-6-2-7-13-17/h1-15,19-20H. The fourth-order valence-electron chi connectivity index (χ4n) is 2.91. The fourth-order valence-corrected chi connectivity index (χ4v) is 4.78. The minimum absolute atomic E-state index is 0.428. The van der Waals surface area contributed by atoms with E-state index in [-0.39, 0.29) is 0 Å². The van der Waals surface area contributed by atoms with Crippen molar-refractivity contribution in [1.29, 1.82) is 0 Å². The quantitative estimate of drug-likeness (QED) is 0.270. The van der Waals surface area contributed by atoms with Gasteiger partial charge in [0.15, 0.2) is 12.2 Å².